The number of fused-ring (bicyclic) bond motifs is 1. The van der Waals surface area contributed by atoms with Crippen LogP contribution < -0.4 is 22.7 Å². The molecule has 3 aromatic rings. The van der Waals surface area contributed by atoms with Crippen LogP contribution in [0.5, 0.6) is 0 Å². The molecule has 5 heterocycles. The minimum atomic E-state index is -3.91. The number of nitrogens with two attached hydrogens (primary N) is 2. The lowest BCUT2D eigenvalue weighted by molar-refractivity contribution is -0.0519. The number of imidazole rings is 1. The number of nitrogens with zero attached hydrogens (tertiary/aromatic N) is 5. The molecule has 19 heteroatoms. The summed E-state index contributed by atoms with van der Waals surface area (Å²) < 4.78 is 25.2. The number of ether oxygens (including phenoxy) is 2. The molecular formula is C19H25N8O9PS. The normalized spacial score (nSPS) is 29.1. The van der Waals surface area contributed by atoms with Crippen LogP contribution in [0.4, 0.5) is 11.8 Å². The van der Waals surface area contributed by atoms with E-state index in [4.69, 9.17) is 41.8 Å². The number of aromatic nitrogens is 6. The molecule has 0 radical (unpaired) electrons. The molecule has 1 unspecified atom stereocenters. The highest BCUT2D eigenvalue weighted by Crippen LogP contribution is 2.49. The number of nitrogens with one attached hydrogen (secondary N) is 1. The Morgan fingerprint density at radius 3 is 2.66 bits per heavy atom. The molecule has 3 aromatic heterocycles. The summed E-state index contributed by atoms with van der Waals surface area (Å²) in [6.07, 6.45) is -2.40. The number of anilines is 2. The highest BCUT2D eigenvalue weighted by molar-refractivity contribution is 8.07. The fourth-order valence-corrected chi connectivity index (χ4v) is 5.82. The Hall–Kier alpha value is -2.80. The van der Waals surface area contributed by atoms with Gasteiger partial charge in [0.05, 0.1) is 31.7 Å². The summed E-state index contributed by atoms with van der Waals surface area (Å²) in [7, 11) is 0. The summed E-state index contributed by atoms with van der Waals surface area (Å²) in [4.78, 5) is 48.9. The maximum Gasteiger partial charge on any atom is 0.351 e. The van der Waals surface area contributed by atoms with Gasteiger partial charge in [0.2, 0.25) is 5.95 Å². The number of rotatable bonds is 8. The van der Waals surface area contributed by atoms with E-state index in [1.807, 2.05) is 0 Å². The second-order valence-corrected chi connectivity index (χ2v) is 11.5. The maximum atomic E-state index is 12.1. The molecule has 7 atom stereocenters. The number of hydrogen-bond acceptors (Lipinski definition) is 14. The van der Waals surface area contributed by atoms with E-state index in [0.29, 0.717) is 0 Å². The first kappa shape index (κ1) is 26.8. The second-order valence-electron chi connectivity index (χ2n) is 8.71. The minimum absolute atomic E-state index is 0.0452. The predicted molar refractivity (Wildman–Crippen MR) is 133 cm³/mol. The van der Waals surface area contributed by atoms with Crippen LogP contribution in [0.1, 0.15) is 25.3 Å². The van der Waals surface area contributed by atoms with E-state index in [9.17, 15) is 24.7 Å². The lowest BCUT2D eigenvalue weighted by Crippen LogP contribution is -2.29. The van der Waals surface area contributed by atoms with Crippen LogP contribution in [0.3, 0.4) is 0 Å². The van der Waals surface area contributed by atoms with E-state index in [1.165, 1.54) is 27.7 Å². The van der Waals surface area contributed by atoms with E-state index < -0.39 is 61.4 Å². The molecule has 38 heavy (non-hydrogen) atoms. The first-order chi connectivity index (χ1) is 18.0. The number of hydrogen-bond donors (Lipinski definition) is 6. The zero-order chi connectivity index (χ0) is 27.2. The third-order valence-corrected chi connectivity index (χ3v) is 7.74. The molecule has 2 fully saturated rings. The fraction of sp³-hybridized carbons (Fsp3) is 0.526. The van der Waals surface area contributed by atoms with Crippen LogP contribution in [0, 0.1) is 0 Å². The van der Waals surface area contributed by atoms with Gasteiger partial charge in [-0.15, -0.1) is 0 Å². The molecule has 5 rings (SSSR count). The zero-order valence-electron chi connectivity index (χ0n) is 19.6. The van der Waals surface area contributed by atoms with Gasteiger partial charge in [-0.1, -0.05) is 0 Å². The van der Waals surface area contributed by atoms with Gasteiger partial charge >= 0.3 is 12.4 Å². The van der Waals surface area contributed by atoms with Crippen molar-refractivity contribution >= 4 is 41.5 Å². The summed E-state index contributed by atoms with van der Waals surface area (Å²) >= 11 is 5.13. The van der Waals surface area contributed by atoms with Gasteiger partial charge in [-0.3, -0.25) is 18.9 Å². The molecule has 0 saturated carbocycles. The van der Waals surface area contributed by atoms with Crippen LogP contribution in [0.25, 0.3) is 11.2 Å². The number of aliphatic hydroxyl groups excluding tert-OH is 2. The van der Waals surface area contributed by atoms with Crippen molar-refractivity contribution < 1.29 is 33.6 Å². The van der Waals surface area contributed by atoms with Crippen LogP contribution in [-0.4, -0.2) is 81.8 Å². The van der Waals surface area contributed by atoms with Crippen LogP contribution in [0.15, 0.2) is 28.2 Å². The van der Waals surface area contributed by atoms with Crippen LogP contribution >= 0.6 is 6.72 Å². The average molecular weight is 572 g/mol. The Morgan fingerprint density at radius 2 is 1.92 bits per heavy atom. The van der Waals surface area contributed by atoms with Crippen molar-refractivity contribution in [3.8, 4) is 0 Å². The van der Waals surface area contributed by atoms with E-state index in [2.05, 4.69) is 19.9 Å². The SMILES string of the molecule is Nc1ccn([C@H]2C[C@@H](OP(O)(=S)OC[C@H]3O[C@@H](n4cnc5c(=O)[nH]c(N)nc54)C[C@H]3O)[C@@H](CO)O2)c(=O)n1. The van der Waals surface area contributed by atoms with Gasteiger partial charge in [0, 0.05) is 19.0 Å². The Bertz CT molecular complexity index is 1500. The van der Waals surface area contributed by atoms with Gasteiger partial charge in [-0.25, -0.2) is 9.78 Å². The number of H-pyrrole nitrogens is 1. The smallest absolute Gasteiger partial charge is 0.351 e. The van der Waals surface area contributed by atoms with Gasteiger partial charge in [0.25, 0.3) is 5.56 Å². The van der Waals surface area contributed by atoms with E-state index in [-0.39, 0.29) is 42.4 Å². The second kappa shape index (κ2) is 10.4. The molecule has 0 amide bonds. The summed E-state index contributed by atoms with van der Waals surface area (Å²) in [6.45, 7) is -4.70. The average Bonchev–Trinajstić information content (AvgIpc) is 3.54. The lowest BCUT2D eigenvalue weighted by Gasteiger charge is -2.24. The molecule has 0 spiro atoms. The number of aromatic amines is 1. The Morgan fingerprint density at radius 1 is 1.18 bits per heavy atom. The Balaban J connectivity index is 1.22. The van der Waals surface area contributed by atoms with Crippen molar-refractivity contribution in [3.05, 3.63) is 39.4 Å². The van der Waals surface area contributed by atoms with Gasteiger partial charge in [-0.2, -0.15) is 9.97 Å². The van der Waals surface area contributed by atoms with Crippen molar-refractivity contribution in [1.82, 2.24) is 29.1 Å². The van der Waals surface area contributed by atoms with Gasteiger partial charge in [0.15, 0.2) is 11.2 Å². The molecule has 0 aromatic carbocycles. The van der Waals surface area contributed by atoms with Crippen molar-refractivity contribution in [1.29, 1.82) is 0 Å². The van der Waals surface area contributed by atoms with E-state index in [1.54, 1.807) is 0 Å². The molecule has 0 aliphatic carbocycles. The summed E-state index contributed by atoms with van der Waals surface area (Å²) in [5.74, 6) is -0.0542. The number of nitrogen functional groups attached to an aromatic ring is 2. The van der Waals surface area contributed by atoms with Crippen LogP contribution in [-0.2, 0) is 30.3 Å². The molecule has 2 aliphatic rings. The Labute approximate surface area is 218 Å². The monoisotopic (exact) mass is 572 g/mol. The van der Waals surface area contributed by atoms with Crippen molar-refractivity contribution in [2.24, 2.45) is 0 Å². The molecule has 17 nitrogen and oxygen atoms in total. The van der Waals surface area contributed by atoms with Gasteiger partial charge in [-0.05, 0) is 17.9 Å². The quantitative estimate of drug-likeness (QED) is 0.161. The molecule has 206 valence electrons. The molecule has 8 N–H and O–H groups in total. The first-order valence-electron chi connectivity index (χ1n) is 11.4. The third-order valence-electron chi connectivity index (χ3n) is 6.16. The lowest BCUT2D eigenvalue weighted by atomic mass is 10.2. The van der Waals surface area contributed by atoms with Crippen molar-refractivity contribution in [2.75, 3.05) is 24.7 Å². The van der Waals surface area contributed by atoms with Crippen molar-refractivity contribution in [2.45, 2.75) is 49.7 Å². The largest absolute Gasteiger partial charge is 0.394 e. The molecule has 2 saturated heterocycles. The third kappa shape index (κ3) is 5.35. The van der Waals surface area contributed by atoms with Crippen LogP contribution in [0.2, 0.25) is 0 Å². The Kier molecular flexibility index (Phi) is 7.33. The predicted octanol–water partition coefficient (Wildman–Crippen LogP) is -1.91. The number of aliphatic hydroxyl groups is 2. The zero-order valence-corrected chi connectivity index (χ0v) is 21.3. The van der Waals surface area contributed by atoms with E-state index in [0.717, 1.165) is 0 Å². The summed E-state index contributed by atoms with van der Waals surface area (Å²) in [6, 6.07) is 1.42. The highest BCUT2D eigenvalue weighted by Gasteiger charge is 2.42. The fourth-order valence-electron chi connectivity index (χ4n) is 4.35. The molecule has 2 aliphatic heterocycles. The topological polar surface area (TPSA) is 248 Å². The summed E-state index contributed by atoms with van der Waals surface area (Å²) in [5, 5.41) is 20.2. The molecular weight excluding hydrogens is 547 g/mol. The van der Waals surface area contributed by atoms with E-state index >= 15 is 0 Å². The summed E-state index contributed by atoms with van der Waals surface area (Å²) in [5.41, 5.74) is 10.2. The van der Waals surface area contributed by atoms with Gasteiger partial charge in [0.1, 0.15) is 30.5 Å². The molecule has 0 bridgehead atoms. The first-order valence-corrected chi connectivity index (χ1v) is 14.0. The van der Waals surface area contributed by atoms with Gasteiger partial charge < -0.3 is 45.1 Å². The van der Waals surface area contributed by atoms with Crippen molar-refractivity contribution in [3.63, 3.8) is 0 Å². The minimum Gasteiger partial charge on any atom is -0.394 e. The highest BCUT2D eigenvalue weighted by atomic mass is 32.5. The standard InChI is InChI=1S/C19H25N8O9PS/c20-12-1-2-26(19(31)23-12)14-4-9(10(5-28)34-14)36-37(32,38)33-6-11-8(29)3-13(35-11)27-7-22-15-16(27)24-18(21)25-17(15)30/h1-2,7-11,13-14,28-29H,3-6H2,(H,32,38)(H2,20,23,31)(H3,21,24,25,30)/t8-,9-,10-,11-,13-,14-,37?/m1/s1. The maximum absolute atomic E-state index is 12.1.